The van der Waals surface area contributed by atoms with E-state index in [4.69, 9.17) is 9.47 Å². The minimum absolute atomic E-state index is 0.0105. The smallest absolute Gasteiger partial charge is 0.339 e. The highest BCUT2D eigenvalue weighted by molar-refractivity contribution is 14.1. The third-order valence-corrected chi connectivity index (χ3v) is 5.03. The Kier molecular flexibility index (Phi) is 7.65. The predicted molar refractivity (Wildman–Crippen MR) is 123 cm³/mol. The number of benzene rings is 2. The van der Waals surface area contributed by atoms with Crippen LogP contribution in [0.15, 0.2) is 54.7 Å². The molecular formula is C21H14I2N2O4. The fourth-order valence-corrected chi connectivity index (χ4v) is 3.39. The molecule has 0 radical (unpaired) electrons. The molecule has 0 amide bonds. The van der Waals surface area contributed by atoms with Gasteiger partial charge in [0.1, 0.15) is 6.61 Å². The highest BCUT2D eigenvalue weighted by Gasteiger charge is 2.10. The Bertz CT molecular complexity index is 1100. The molecule has 29 heavy (non-hydrogen) atoms. The van der Waals surface area contributed by atoms with Crippen LogP contribution in [-0.2, 0) is 16.1 Å². The molecule has 0 aliphatic rings. The Balaban J connectivity index is 1.54. The van der Waals surface area contributed by atoms with E-state index < -0.39 is 11.9 Å². The van der Waals surface area contributed by atoms with Crippen molar-refractivity contribution in [3.63, 3.8) is 0 Å². The molecule has 0 fully saturated rings. The van der Waals surface area contributed by atoms with Crippen molar-refractivity contribution in [1.29, 1.82) is 0 Å². The van der Waals surface area contributed by atoms with E-state index in [1.54, 1.807) is 36.4 Å². The van der Waals surface area contributed by atoms with Crippen molar-refractivity contribution >= 4 is 57.1 Å². The molecule has 1 N–H and O–H groups in total. The van der Waals surface area contributed by atoms with Crippen LogP contribution in [0.4, 0.5) is 0 Å². The summed E-state index contributed by atoms with van der Waals surface area (Å²) < 4.78 is 12.4. The number of rotatable bonds is 5. The zero-order valence-corrected chi connectivity index (χ0v) is 19.3. The molecule has 2 aromatic carbocycles. The first kappa shape index (κ1) is 21.3. The van der Waals surface area contributed by atoms with Crippen molar-refractivity contribution in [2.45, 2.75) is 6.61 Å². The molecule has 0 aliphatic heterocycles. The summed E-state index contributed by atoms with van der Waals surface area (Å²) in [6.45, 7) is -0.0479. The number of aromatic nitrogens is 2. The van der Waals surface area contributed by atoms with Gasteiger partial charge in [0, 0.05) is 7.14 Å². The molecular weight excluding hydrogens is 598 g/mol. The van der Waals surface area contributed by atoms with E-state index in [0.29, 0.717) is 22.4 Å². The van der Waals surface area contributed by atoms with E-state index in [1.165, 1.54) is 6.20 Å². The molecule has 0 aliphatic carbocycles. The van der Waals surface area contributed by atoms with Crippen LogP contribution in [0, 0.1) is 19.0 Å². The van der Waals surface area contributed by atoms with E-state index >= 15 is 0 Å². The Labute approximate surface area is 194 Å². The first-order valence-electron chi connectivity index (χ1n) is 8.39. The summed E-state index contributed by atoms with van der Waals surface area (Å²) in [5.74, 6) is 4.78. The van der Waals surface area contributed by atoms with Crippen LogP contribution >= 0.6 is 45.2 Å². The number of hydrogen-bond donors (Lipinski definition) is 1. The second-order valence-corrected chi connectivity index (χ2v) is 8.23. The monoisotopic (exact) mass is 612 g/mol. The third kappa shape index (κ3) is 6.30. The number of esters is 2. The largest absolute Gasteiger partial charge is 0.456 e. The SMILES string of the molecule is O=C(OCC#Cc1cn[nH]c1COC(=O)c1cccc(I)c1)c1cccc(I)c1. The molecule has 0 spiro atoms. The van der Waals surface area contributed by atoms with E-state index in [1.807, 2.05) is 12.1 Å². The number of carbonyl (C=O) groups excluding carboxylic acids is 2. The standard InChI is InChI=1S/C21H14I2N2O4/c22-17-7-1-4-14(10-17)20(26)28-9-3-6-16-12-24-25-19(16)13-29-21(27)15-5-2-8-18(23)11-15/h1-2,4-5,7-8,10-12H,9,13H2,(H,24,25). The molecule has 8 heteroatoms. The lowest BCUT2D eigenvalue weighted by Gasteiger charge is -2.04. The number of aromatic amines is 1. The highest BCUT2D eigenvalue weighted by Crippen LogP contribution is 2.12. The normalized spacial score (nSPS) is 10.0. The molecule has 0 atom stereocenters. The molecule has 6 nitrogen and oxygen atoms in total. The highest BCUT2D eigenvalue weighted by atomic mass is 127. The Morgan fingerprint density at radius 3 is 2.21 bits per heavy atom. The Hall–Kier alpha value is -2.39. The van der Waals surface area contributed by atoms with E-state index in [0.717, 1.165) is 7.14 Å². The van der Waals surface area contributed by atoms with Crippen LogP contribution < -0.4 is 0 Å². The van der Waals surface area contributed by atoms with Gasteiger partial charge < -0.3 is 9.47 Å². The average Bonchev–Trinajstić information content (AvgIpc) is 3.16. The molecule has 0 unspecified atom stereocenters. The fraction of sp³-hybridized carbons (Fsp3) is 0.0952. The van der Waals surface area contributed by atoms with Crippen molar-refractivity contribution in [3.05, 3.63) is 84.3 Å². The summed E-state index contributed by atoms with van der Waals surface area (Å²) in [7, 11) is 0. The quantitative estimate of drug-likeness (QED) is 0.266. The number of ether oxygens (including phenoxy) is 2. The van der Waals surface area contributed by atoms with Gasteiger partial charge in [-0.15, -0.1) is 0 Å². The van der Waals surface area contributed by atoms with Gasteiger partial charge in [-0.2, -0.15) is 5.10 Å². The summed E-state index contributed by atoms with van der Waals surface area (Å²) in [5, 5.41) is 6.70. The number of carbonyl (C=O) groups is 2. The van der Waals surface area contributed by atoms with Gasteiger partial charge in [-0.25, -0.2) is 9.59 Å². The first-order chi connectivity index (χ1) is 14.0. The van der Waals surface area contributed by atoms with Crippen molar-refractivity contribution in [2.24, 2.45) is 0 Å². The average molecular weight is 612 g/mol. The summed E-state index contributed by atoms with van der Waals surface area (Å²) >= 11 is 4.26. The van der Waals surface area contributed by atoms with Crippen LogP contribution in [0.25, 0.3) is 0 Å². The minimum Gasteiger partial charge on any atom is -0.456 e. The van der Waals surface area contributed by atoms with Crippen molar-refractivity contribution in [3.8, 4) is 11.8 Å². The van der Waals surface area contributed by atoms with Gasteiger partial charge in [0.2, 0.25) is 0 Å². The molecule has 0 saturated heterocycles. The van der Waals surface area contributed by atoms with Gasteiger partial charge in [0.05, 0.1) is 28.6 Å². The van der Waals surface area contributed by atoms with Gasteiger partial charge >= 0.3 is 11.9 Å². The maximum atomic E-state index is 12.1. The van der Waals surface area contributed by atoms with E-state index in [-0.39, 0.29) is 13.2 Å². The van der Waals surface area contributed by atoms with Crippen LogP contribution in [0.5, 0.6) is 0 Å². The number of hydrogen-bond acceptors (Lipinski definition) is 5. The van der Waals surface area contributed by atoms with Crippen molar-refractivity contribution in [1.82, 2.24) is 10.2 Å². The predicted octanol–water partition coefficient (Wildman–Crippen LogP) is 4.18. The van der Waals surface area contributed by atoms with Gasteiger partial charge in [0.15, 0.2) is 6.61 Å². The summed E-state index contributed by atoms with van der Waals surface area (Å²) in [5.41, 5.74) is 2.10. The second kappa shape index (κ2) is 10.4. The van der Waals surface area contributed by atoms with Crippen LogP contribution in [0.2, 0.25) is 0 Å². The molecule has 3 aromatic rings. The molecule has 146 valence electrons. The number of halogens is 2. The topological polar surface area (TPSA) is 81.3 Å². The first-order valence-corrected chi connectivity index (χ1v) is 10.5. The maximum Gasteiger partial charge on any atom is 0.339 e. The van der Waals surface area contributed by atoms with Crippen LogP contribution in [-0.4, -0.2) is 28.7 Å². The van der Waals surface area contributed by atoms with Crippen LogP contribution in [0.3, 0.4) is 0 Å². The lowest BCUT2D eigenvalue weighted by atomic mass is 10.2. The maximum absolute atomic E-state index is 12.1. The number of nitrogens with one attached hydrogen (secondary N) is 1. The van der Waals surface area contributed by atoms with E-state index in [2.05, 4.69) is 67.2 Å². The fourth-order valence-electron chi connectivity index (χ4n) is 2.30. The third-order valence-electron chi connectivity index (χ3n) is 3.69. The lowest BCUT2D eigenvalue weighted by Crippen LogP contribution is -2.06. The second-order valence-electron chi connectivity index (χ2n) is 5.74. The van der Waals surface area contributed by atoms with E-state index in [9.17, 15) is 9.59 Å². The van der Waals surface area contributed by atoms with Crippen molar-refractivity contribution < 1.29 is 19.1 Å². The summed E-state index contributed by atoms with van der Waals surface area (Å²) in [4.78, 5) is 24.1. The minimum atomic E-state index is -0.434. The molecule has 0 bridgehead atoms. The van der Waals surface area contributed by atoms with Gasteiger partial charge in [-0.3, -0.25) is 5.10 Å². The number of nitrogens with zero attached hydrogens (tertiary/aromatic N) is 1. The van der Waals surface area contributed by atoms with Gasteiger partial charge in [-0.05, 0) is 81.6 Å². The number of H-pyrrole nitrogens is 1. The summed E-state index contributed by atoms with van der Waals surface area (Å²) in [6.07, 6.45) is 1.53. The Morgan fingerprint density at radius 2 is 1.59 bits per heavy atom. The van der Waals surface area contributed by atoms with Gasteiger partial charge in [-0.1, -0.05) is 24.0 Å². The Morgan fingerprint density at radius 1 is 0.966 bits per heavy atom. The molecule has 1 heterocycles. The molecule has 3 rings (SSSR count). The zero-order valence-electron chi connectivity index (χ0n) is 14.9. The molecule has 1 aromatic heterocycles. The van der Waals surface area contributed by atoms with Crippen LogP contribution in [0.1, 0.15) is 32.0 Å². The molecule has 0 saturated carbocycles. The summed E-state index contributed by atoms with van der Waals surface area (Å²) in [6, 6.07) is 14.2. The van der Waals surface area contributed by atoms with Crippen molar-refractivity contribution in [2.75, 3.05) is 6.61 Å². The van der Waals surface area contributed by atoms with Gasteiger partial charge in [0.25, 0.3) is 0 Å². The lowest BCUT2D eigenvalue weighted by molar-refractivity contribution is 0.0466. The zero-order chi connectivity index (χ0) is 20.6.